The van der Waals surface area contributed by atoms with Crippen molar-refractivity contribution < 1.29 is 0 Å². The largest absolute Gasteiger partial charge is 0.311 e. The lowest BCUT2D eigenvalue weighted by Crippen LogP contribution is -2.45. The molecule has 1 N–H and O–H groups in total. The standard InChI is InChI=1S/C12H23N/c1-9-6-7-12(8-10(9)2)13-11-4-3-5-11/h9-13H,3-8H2,1-2H3. The minimum Gasteiger partial charge on any atom is -0.311 e. The molecule has 0 aromatic heterocycles. The Kier molecular flexibility index (Phi) is 2.92. The minimum atomic E-state index is 0.844. The third-order valence-corrected chi connectivity index (χ3v) is 4.17. The summed E-state index contributed by atoms with van der Waals surface area (Å²) in [6.45, 7) is 4.82. The first-order valence-corrected chi connectivity index (χ1v) is 6.01. The highest BCUT2D eigenvalue weighted by Crippen LogP contribution is 2.30. The van der Waals surface area contributed by atoms with Gasteiger partial charge in [0.05, 0.1) is 0 Å². The molecule has 0 bridgehead atoms. The van der Waals surface area contributed by atoms with Gasteiger partial charge in [0.25, 0.3) is 0 Å². The van der Waals surface area contributed by atoms with Crippen LogP contribution < -0.4 is 5.32 Å². The molecule has 1 nitrogen and oxygen atoms in total. The van der Waals surface area contributed by atoms with Crippen LogP contribution in [0.3, 0.4) is 0 Å². The van der Waals surface area contributed by atoms with E-state index in [2.05, 4.69) is 19.2 Å². The first-order chi connectivity index (χ1) is 6.25. The Hall–Kier alpha value is -0.0400. The van der Waals surface area contributed by atoms with E-state index >= 15 is 0 Å². The Balaban J connectivity index is 1.74. The van der Waals surface area contributed by atoms with Gasteiger partial charge < -0.3 is 5.32 Å². The summed E-state index contributed by atoms with van der Waals surface area (Å²) in [5, 5.41) is 3.81. The van der Waals surface area contributed by atoms with Crippen LogP contribution in [0.4, 0.5) is 0 Å². The van der Waals surface area contributed by atoms with Gasteiger partial charge in [0, 0.05) is 12.1 Å². The predicted octanol–water partition coefficient (Wildman–Crippen LogP) is 2.95. The van der Waals surface area contributed by atoms with Crippen LogP contribution in [0.1, 0.15) is 52.4 Å². The van der Waals surface area contributed by atoms with Crippen molar-refractivity contribution in [2.75, 3.05) is 0 Å². The van der Waals surface area contributed by atoms with E-state index < -0.39 is 0 Å². The summed E-state index contributed by atoms with van der Waals surface area (Å²) in [6.07, 6.45) is 8.59. The van der Waals surface area contributed by atoms with Crippen molar-refractivity contribution in [3.8, 4) is 0 Å². The van der Waals surface area contributed by atoms with Crippen molar-refractivity contribution in [1.82, 2.24) is 5.32 Å². The van der Waals surface area contributed by atoms with Gasteiger partial charge in [0.2, 0.25) is 0 Å². The highest BCUT2D eigenvalue weighted by atomic mass is 15.0. The second-order valence-electron chi connectivity index (χ2n) is 5.26. The molecule has 2 rings (SSSR count). The van der Waals surface area contributed by atoms with E-state index in [-0.39, 0.29) is 0 Å². The number of nitrogens with one attached hydrogen (secondary N) is 1. The van der Waals surface area contributed by atoms with Crippen LogP contribution in [0.2, 0.25) is 0 Å². The average molecular weight is 181 g/mol. The zero-order chi connectivity index (χ0) is 9.26. The van der Waals surface area contributed by atoms with Gasteiger partial charge in [0.15, 0.2) is 0 Å². The fourth-order valence-corrected chi connectivity index (χ4v) is 2.61. The smallest absolute Gasteiger partial charge is 0.00723 e. The third kappa shape index (κ3) is 2.25. The van der Waals surface area contributed by atoms with Crippen LogP contribution in [0.25, 0.3) is 0 Å². The average Bonchev–Trinajstić information content (AvgIpc) is 2.04. The molecule has 0 aliphatic heterocycles. The lowest BCUT2D eigenvalue weighted by atomic mass is 9.78. The molecule has 0 heterocycles. The molecule has 2 aliphatic rings. The van der Waals surface area contributed by atoms with Crippen molar-refractivity contribution in [3.05, 3.63) is 0 Å². The minimum absolute atomic E-state index is 0.844. The summed E-state index contributed by atoms with van der Waals surface area (Å²) in [5.74, 6) is 1.89. The fraction of sp³-hybridized carbons (Fsp3) is 1.00. The SMILES string of the molecule is CC1CCC(NC2CCC2)CC1C. The maximum Gasteiger partial charge on any atom is 0.00723 e. The summed E-state index contributed by atoms with van der Waals surface area (Å²) < 4.78 is 0. The monoisotopic (exact) mass is 181 g/mol. The third-order valence-electron chi connectivity index (χ3n) is 4.17. The van der Waals surface area contributed by atoms with Gasteiger partial charge in [-0.25, -0.2) is 0 Å². The number of hydrogen-bond acceptors (Lipinski definition) is 1. The zero-order valence-electron chi connectivity index (χ0n) is 9.05. The molecule has 2 aliphatic carbocycles. The first kappa shape index (κ1) is 9.51. The van der Waals surface area contributed by atoms with Gasteiger partial charge in [-0.05, 0) is 43.9 Å². The van der Waals surface area contributed by atoms with Gasteiger partial charge in [0.1, 0.15) is 0 Å². The van der Waals surface area contributed by atoms with E-state index in [0.29, 0.717) is 0 Å². The van der Waals surface area contributed by atoms with Crippen molar-refractivity contribution in [2.24, 2.45) is 11.8 Å². The van der Waals surface area contributed by atoms with E-state index in [4.69, 9.17) is 0 Å². The fourth-order valence-electron chi connectivity index (χ4n) is 2.61. The van der Waals surface area contributed by atoms with E-state index in [0.717, 1.165) is 23.9 Å². The maximum atomic E-state index is 3.81. The second-order valence-corrected chi connectivity index (χ2v) is 5.26. The summed E-state index contributed by atoms with van der Waals surface area (Å²) in [6, 6.07) is 1.72. The van der Waals surface area contributed by atoms with E-state index in [1.54, 1.807) is 0 Å². The van der Waals surface area contributed by atoms with Crippen LogP contribution in [0.15, 0.2) is 0 Å². The zero-order valence-corrected chi connectivity index (χ0v) is 9.05. The second kappa shape index (κ2) is 4.00. The molecule has 0 spiro atoms. The van der Waals surface area contributed by atoms with Gasteiger partial charge >= 0.3 is 0 Å². The van der Waals surface area contributed by atoms with E-state index in [9.17, 15) is 0 Å². The van der Waals surface area contributed by atoms with Crippen LogP contribution in [0, 0.1) is 11.8 Å². The molecule has 76 valence electrons. The van der Waals surface area contributed by atoms with Gasteiger partial charge in [-0.2, -0.15) is 0 Å². The molecule has 0 saturated heterocycles. The molecule has 2 fully saturated rings. The summed E-state index contributed by atoms with van der Waals surface area (Å²) in [5.41, 5.74) is 0. The Morgan fingerprint density at radius 2 is 1.62 bits per heavy atom. The first-order valence-electron chi connectivity index (χ1n) is 6.01. The normalized spacial score (nSPS) is 41.5. The van der Waals surface area contributed by atoms with Crippen LogP contribution in [-0.4, -0.2) is 12.1 Å². The summed E-state index contributed by atoms with van der Waals surface area (Å²) in [4.78, 5) is 0. The Labute approximate surface area is 82.3 Å². The molecule has 0 aromatic rings. The lowest BCUT2D eigenvalue weighted by molar-refractivity contribution is 0.193. The Morgan fingerprint density at radius 1 is 0.846 bits per heavy atom. The Morgan fingerprint density at radius 3 is 2.15 bits per heavy atom. The van der Waals surface area contributed by atoms with Crippen LogP contribution in [-0.2, 0) is 0 Å². The molecule has 3 unspecified atom stereocenters. The molecule has 13 heavy (non-hydrogen) atoms. The topological polar surface area (TPSA) is 12.0 Å². The van der Waals surface area contributed by atoms with Crippen molar-refractivity contribution in [1.29, 1.82) is 0 Å². The predicted molar refractivity (Wildman–Crippen MR) is 56.7 cm³/mol. The van der Waals surface area contributed by atoms with E-state index in [1.165, 1.54) is 38.5 Å². The van der Waals surface area contributed by atoms with Gasteiger partial charge in [-0.15, -0.1) is 0 Å². The molecular weight excluding hydrogens is 158 g/mol. The molecule has 0 aromatic carbocycles. The molecule has 3 atom stereocenters. The van der Waals surface area contributed by atoms with Crippen LogP contribution in [0.5, 0.6) is 0 Å². The Bertz CT molecular complexity index is 161. The van der Waals surface area contributed by atoms with Crippen molar-refractivity contribution in [2.45, 2.75) is 64.5 Å². The van der Waals surface area contributed by atoms with E-state index in [1.807, 2.05) is 0 Å². The number of hydrogen-bond donors (Lipinski definition) is 1. The molecule has 2 saturated carbocycles. The van der Waals surface area contributed by atoms with Crippen molar-refractivity contribution >= 4 is 0 Å². The lowest BCUT2D eigenvalue weighted by Gasteiger charge is -2.37. The highest BCUT2D eigenvalue weighted by Gasteiger charge is 2.27. The quantitative estimate of drug-likeness (QED) is 0.690. The summed E-state index contributed by atoms with van der Waals surface area (Å²) in [7, 11) is 0. The highest BCUT2D eigenvalue weighted by molar-refractivity contribution is 4.85. The van der Waals surface area contributed by atoms with Crippen molar-refractivity contribution in [3.63, 3.8) is 0 Å². The van der Waals surface area contributed by atoms with Crippen LogP contribution >= 0.6 is 0 Å². The molecular formula is C12H23N. The molecule has 0 radical (unpaired) electrons. The van der Waals surface area contributed by atoms with Gasteiger partial charge in [-0.3, -0.25) is 0 Å². The summed E-state index contributed by atoms with van der Waals surface area (Å²) >= 11 is 0. The maximum absolute atomic E-state index is 3.81. The number of rotatable bonds is 2. The molecule has 0 amide bonds. The molecule has 1 heteroatoms. The van der Waals surface area contributed by atoms with Gasteiger partial charge in [-0.1, -0.05) is 20.3 Å².